The Hall–Kier alpha value is -2.83. The van der Waals surface area contributed by atoms with Gasteiger partial charge < -0.3 is 65.1 Å². The van der Waals surface area contributed by atoms with Crippen LogP contribution < -0.4 is 5.32 Å². The highest BCUT2D eigenvalue weighted by molar-refractivity contribution is 5.76. The lowest BCUT2D eigenvalue weighted by Gasteiger charge is -2.46. The number of hydrogen-bond donors (Lipinski definition) is 9. The standard InChI is InChI=1S/C69H121NO13/c1-3-5-7-9-11-13-14-15-16-17-18-19-20-21-22-23-24-25-26-27-28-29-30-31-32-33-34-35-36-37-38-39-40-41-42-43-44-45-47-49-51-53-61(74)70-57(58(73)52-50-48-46-12-10-8-6-4-2)56-80-68-66(79)64(77)67(60(55-72)82-68)83-69-65(78)63(76)62(75)59(54-71)81-69/h5,7,11,13,15-16,18-19,21-22,24-25,50,52,57-60,62-69,71-73,75-79H,3-4,6,8-10,12,14,17,20,23,26-49,51,53-56H2,1-2H3,(H,70,74)/b7-5-,13-11-,16-15-,19-18-,22-21-,25-24-,52-50+. The number of hydrogen-bond acceptors (Lipinski definition) is 13. The smallest absolute Gasteiger partial charge is 0.220 e. The molecule has 0 aromatic rings. The average Bonchev–Trinajstić information content (AvgIpc) is 3.45. The fraction of sp³-hybridized carbons (Fsp3) is 0.783. The van der Waals surface area contributed by atoms with E-state index in [0.29, 0.717) is 6.42 Å². The molecule has 0 aromatic carbocycles. The largest absolute Gasteiger partial charge is 0.394 e. The second kappa shape index (κ2) is 53.4. The van der Waals surface area contributed by atoms with Gasteiger partial charge in [-0.2, -0.15) is 0 Å². The number of nitrogens with one attached hydrogen (secondary N) is 1. The third-order valence-electron chi connectivity index (χ3n) is 15.8. The molecule has 0 aromatic heterocycles. The molecule has 14 nitrogen and oxygen atoms in total. The highest BCUT2D eigenvalue weighted by atomic mass is 16.7. The maximum Gasteiger partial charge on any atom is 0.220 e. The summed E-state index contributed by atoms with van der Waals surface area (Å²) in [6.45, 7) is 2.63. The van der Waals surface area contributed by atoms with Gasteiger partial charge in [0.15, 0.2) is 12.6 Å². The second-order valence-corrected chi connectivity index (χ2v) is 23.2. The quantitative estimate of drug-likeness (QED) is 0.0204. The van der Waals surface area contributed by atoms with Crippen LogP contribution in [0.3, 0.4) is 0 Å². The maximum absolute atomic E-state index is 13.2. The Morgan fingerprint density at radius 3 is 1.28 bits per heavy atom. The second-order valence-electron chi connectivity index (χ2n) is 23.2. The number of allylic oxidation sites excluding steroid dienone is 13. The summed E-state index contributed by atoms with van der Waals surface area (Å²) in [5.74, 6) is -0.242. The molecule has 12 unspecified atom stereocenters. The summed E-state index contributed by atoms with van der Waals surface area (Å²) in [7, 11) is 0. The molecular formula is C69H121NO13. The highest BCUT2D eigenvalue weighted by Gasteiger charge is 2.51. The predicted octanol–water partition coefficient (Wildman–Crippen LogP) is 12.8. The summed E-state index contributed by atoms with van der Waals surface area (Å²) in [5.41, 5.74) is 0. The first-order chi connectivity index (χ1) is 40.6. The van der Waals surface area contributed by atoms with Gasteiger partial charge in [-0.15, -0.1) is 0 Å². The number of aliphatic hydroxyl groups excluding tert-OH is 8. The third kappa shape index (κ3) is 38.1. The highest BCUT2D eigenvalue weighted by Crippen LogP contribution is 2.30. The molecule has 480 valence electrons. The van der Waals surface area contributed by atoms with Crippen molar-refractivity contribution in [3.63, 3.8) is 0 Å². The van der Waals surface area contributed by atoms with E-state index in [-0.39, 0.29) is 18.9 Å². The molecule has 0 aliphatic carbocycles. The molecule has 9 N–H and O–H groups in total. The molecule has 2 aliphatic rings. The fourth-order valence-electron chi connectivity index (χ4n) is 10.5. The van der Waals surface area contributed by atoms with Crippen molar-refractivity contribution in [2.45, 2.75) is 325 Å². The van der Waals surface area contributed by atoms with Gasteiger partial charge in [0.05, 0.1) is 32.0 Å². The topological polar surface area (TPSA) is 228 Å². The zero-order chi connectivity index (χ0) is 60.2. The fourth-order valence-corrected chi connectivity index (χ4v) is 10.5. The van der Waals surface area contributed by atoms with Gasteiger partial charge in [0.2, 0.25) is 5.91 Å². The zero-order valence-corrected chi connectivity index (χ0v) is 51.9. The Morgan fingerprint density at radius 2 is 0.831 bits per heavy atom. The van der Waals surface area contributed by atoms with Crippen molar-refractivity contribution < 1.29 is 64.6 Å². The minimum absolute atomic E-state index is 0.242. The Morgan fingerprint density at radius 1 is 0.446 bits per heavy atom. The average molecular weight is 1170 g/mol. The van der Waals surface area contributed by atoms with Gasteiger partial charge in [0.1, 0.15) is 48.8 Å². The molecule has 1 amide bonds. The normalized spacial score (nSPS) is 24.4. The molecule has 14 heteroatoms. The van der Waals surface area contributed by atoms with E-state index in [2.05, 4.69) is 92.1 Å². The summed E-state index contributed by atoms with van der Waals surface area (Å²) >= 11 is 0. The Kier molecular flexibility index (Phi) is 49.1. The van der Waals surface area contributed by atoms with Crippen LogP contribution in [-0.4, -0.2) is 140 Å². The maximum atomic E-state index is 13.2. The van der Waals surface area contributed by atoms with Gasteiger partial charge in [0, 0.05) is 6.42 Å². The van der Waals surface area contributed by atoms with E-state index < -0.39 is 86.8 Å². The molecular weight excluding hydrogens is 1050 g/mol. The van der Waals surface area contributed by atoms with Crippen molar-refractivity contribution in [1.29, 1.82) is 0 Å². The zero-order valence-electron chi connectivity index (χ0n) is 51.9. The number of amides is 1. The molecule has 2 fully saturated rings. The van der Waals surface area contributed by atoms with Crippen LogP contribution in [0.5, 0.6) is 0 Å². The molecule has 12 atom stereocenters. The van der Waals surface area contributed by atoms with Crippen LogP contribution in [0.1, 0.15) is 251 Å². The Balaban J connectivity index is 1.50. The summed E-state index contributed by atoms with van der Waals surface area (Å²) in [6.07, 6.45) is 57.0. The first kappa shape index (κ1) is 76.3. The first-order valence-electron chi connectivity index (χ1n) is 33.3. The predicted molar refractivity (Wildman–Crippen MR) is 336 cm³/mol. The number of carbonyl (C=O) groups is 1. The molecule has 0 spiro atoms. The summed E-state index contributed by atoms with van der Waals surface area (Å²) < 4.78 is 22.7. The lowest BCUT2D eigenvalue weighted by atomic mass is 9.97. The number of rotatable bonds is 53. The van der Waals surface area contributed by atoms with E-state index in [1.54, 1.807) is 6.08 Å². The monoisotopic (exact) mass is 1170 g/mol. The SMILES string of the molecule is CC/C=C\C/C=C\C/C=C\C/C=C\C/C=C\C/C=C\CCCCCCCCCCCCCCCCCCCCCCCCC(=O)NC(COC1OC(CO)C(OC2OC(CO)C(O)C(O)C2O)C(O)C1O)C(O)/C=C/CCCCCCCC. The molecule has 2 aliphatic heterocycles. The number of carbonyl (C=O) groups excluding carboxylic acids is 1. The molecule has 83 heavy (non-hydrogen) atoms. The Labute approximate surface area is 503 Å². The van der Waals surface area contributed by atoms with E-state index in [9.17, 15) is 45.6 Å². The first-order valence-corrected chi connectivity index (χ1v) is 33.3. The van der Waals surface area contributed by atoms with E-state index >= 15 is 0 Å². The summed E-state index contributed by atoms with van der Waals surface area (Å²) in [5, 5.41) is 86.8. The van der Waals surface area contributed by atoms with Gasteiger partial charge in [-0.1, -0.05) is 259 Å². The van der Waals surface area contributed by atoms with Crippen molar-refractivity contribution in [3.05, 3.63) is 85.1 Å². The van der Waals surface area contributed by atoms with Crippen LogP contribution >= 0.6 is 0 Å². The van der Waals surface area contributed by atoms with Gasteiger partial charge in [0.25, 0.3) is 0 Å². The van der Waals surface area contributed by atoms with Crippen molar-refractivity contribution in [1.82, 2.24) is 5.32 Å². The van der Waals surface area contributed by atoms with Crippen LogP contribution in [0, 0.1) is 0 Å². The van der Waals surface area contributed by atoms with Gasteiger partial charge in [-0.3, -0.25) is 4.79 Å². The lowest BCUT2D eigenvalue weighted by Crippen LogP contribution is -2.65. The number of aliphatic hydroxyl groups is 8. The number of ether oxygens (including phenoxy) is 4. The van der Waals surface area contributed by atoms with Crippen molar-refractivity contribution >= 4 is 5.91 Å². The Bertz CT molecular complexity index is 1710. The van der Waals surface area contributed by atoms with Gasteiger partial charge >= 0.3 is 0 Å². The minimum Gasteiger partial charge on any atom is -0.394 e. The molecule has 2 rings (SSSR count). The third-order valence-corrected chi connectivity index (χ3v) is 15.8. The van der Waals surface area contributed by atoms with Crippen molar-refractivity contribution in [2.24, 2.45) is 0 Å². The lowest BCUT2D eigenvalue weighted by molar-refractivity contribution is -0.359. The van der Waals surface area contributed by atoms with Crippen LogP contribution in [0.25, 0.3) is 0 Å². The van der Waals surface area contributed by atoms with E-state index in [1.165, 1.54) is 141 Å². The minimum atomic E-state index is -1.79. The summed E-state index contributed by atoms with van der Waals surface area (Å²) in [4.78, 5) is 13.2. The van der Waals surface area contributed by atoms with Crippen molar-refractivity contribution in [2.75, 3.05) is 19.8 Å². The van der Waals surface area contributed by atoms with Crippen LogP contribution in [0.2, 0.25) is 0 Å². The molecule has 0 saturated carbocycles. The van der Waals surface area contributed by atoms with Crippen LogP contribution in [-0.2, 0) is 23.7 Å². The molecule has 0 bridgehead atoms. The molecule has 0 radical (unpaired) electrons. The van der Waals surface area contributed by atoms with E-state index in [0.717, 1.165) is 83.5 Å². The van der Waals surface area contributed by atoms with E-state index in [1.807, 2.05) is 6.08 Å². The van der Waals surface area contributed by atoms with Crippen LogP contribution in [0.15, 0.2) is 85.1 Å². The van der Waals surface area contributed by atoms with Crippen LogP contribution in [0.4, 0.5) is 0 Å². The molecule has 2 saturated heterocycles. The van der Waals surface area contributed by atoms with Crippen molar-refractivity contribution in [3.8, 4) is 0 Å². The van der Waals surface area contributed by atoms with Gasteiger partial charge in [-0.05, 0) is 70.6 Å². The number of unbranched alkanes of at least 4 members (excludes halogenated alkanes) is 28. The van der Waals surface area contributed by atoms with Gasteiger partial charge in [-0.25, -0.2) is 0 Å². The summed E-state index contributed by atoms with van der Waals surface area (Å²) in [6, 6.07) is -0.913. The van der Waals surface area contributed by atoms with E-state index in [4.69, 9.17) is 18.9 Å². The molecule has 2 heterocycles.